The zero-order chi connectivity index (χ0) is 15.9. The van der Waals surface area contributed by atoms with Crippen LogP contribution >= 0.6 is 11.6 Å². The quantitative estimate of drug-likeness (QED) is 0.936. The number of aliphatic hydroxyl groups is 1. The molecule has 4 nitrogen and oxygen atoms in total. The lowest BCUT2D eigenvalue weighted by atomic mass is 9.84. The minimum Gasteiger partial charge on any atom is -0.385 e. The maximum Gasteiger partial charge on any atom is 0.151 e. The van der Waals surface area contributed by atoms with Gasteiger partial charge in [-0.05, 0) is 55.5 Å². The van der Waals surface area contributed by atoms with E-state index in [0.717, 1.165) is 30.2 Å². The SMILES string of the molecule is OC1(c2ccc(Cl)cc2)CCN(c2ccc(C3CC3)nn2)CC1. The van der Waals surface area contributed by atoms with E-state index in [2.05, 4.69) is 27.2 Å². The average molecular weight is 330 g/mol. The molecule has 0 spiro atoms. The van der Waals surface area contributed by atoms with Crippen LogP contribution in [0.2, 0.25) is 5.02 Å². The van der Waals surface area contributed by atoms with Crippen LogP contribution in [0.1, 0.15) is 42.9 Å². The third kappa shape index (κ3) is 3.06. The molecule has 5 heteroatoms. The minimum atomic E-state index is -0.775. The fraction of sp³-hybridized carbons (Fsp3) is 0.444. The van der Waals surface area contributed by atoms with Gasteiger partial charge in [0.2, 0.25) is 0 Å². The van der Waals surface area contributed by atoms with Crippen LogP contribution in [0.3, 0.4) is 0 Å². The molecule has 4 rings (SSSR count). The smallest absolute Gasteiger partial charge is 0.151 e. The fourth-order valence-electron chi connectivity index (χ4n) is 3.26. The number of benzene rings is 1. The number of aromatic nitrogens is 2. The number of anilines is 1. The second kappa shape index (κ2) is 5.77. The molecule has 0 unspecified atom stereocenters. The maximum absolute atomic E-state index is 10.9. The van der Waals surface area contributed by atoms with Crippen molar-refractivity contribution in [3.63, 3.8) is 0 Å². The van der Waals surface area contributed by atoms with Gasteiger partial charge in [0.1, 0.15) is 0 Å². The second-order valence-corrected chi connectivity index (χ2v) is 7.05. The molecule has 1 saturated heterocycles. The van der Waals surface area contributed by atoms with Gasteiger partial charge in [-0.25, -0.2) is 0 Å². The first-order valence-electron chi connectivity index (χ1n) is 8.21. The van der Waals surface area contributed by atoms with Gasteiger partial charge in [0.05, 0.1) is 11.3 Å². The Labute approximate surface area is 141 Å². The predicted molar refractivity (Wildman–Crippen MR) is 90.8 cm³/mol. The largest absolute Gasteiger partial charge is 0.385 e. The molecule has 1 aliphatic heterocycles. The summed E-state index contributed by atoms with van der Waals surface area (Å²) in [5.74, 6) is 1.54. The van der Waals surface area contributed by atoms with Crippen LogP contribution in [0.5, 0.6) is 0 Å². The van der Waals surface area contributed by atoms with E-state index in [0.29, 0.717) is 23.8 Å². The first-order chi connectivity index (χ1) is 11.1. The van der Waals surface area contributed by atoms with Crippen LogP contribution in [0.4, 0.5) is 5.82 Å². The zero-order valence-corrected chi connectivity index (χ0v) is 13.7. The summed E-state index contributed by atoms with van der Waals surface area (Å²) in [5, 5.41) is 20.3. The number of hydrogen-bond donors (Lipinski definition) is 1. The van der Waals surface area contributed by atoms with Crippen LogP contribution in [0, 0.1) is 0 Å². The highest BCUT2D eigenvalue weighted by molar-refractivity contribution is 6.30. The summed E-state index contributed by atoms with van der Waals surface area (Å²) in [6, 6.07) is 11.7. The highest BCUT2D eigenvalue weighted by atomic mass is 35.5. The molecule has 2 aliphatic rings. The lowest BCUT2D eigenvalue weighted by Gasteiger charge is -2.39. The van der Waals surface area contributed by atoms with Crippen LogP contribution in [-0.2, 0) is 5.60 Å². The Morgan fingerprint density at radius 2 is 1.70 bits per heavy atom. The van der Waals surface area contributed by atoms with E-state index in [9.17, 15) is 5.11 Å². The van der Waals surface area contributed by atoms with Gasteiger partial charge in [-0.2, -0.15) is 5.10 Å². The van der Waals surface area contributed by atoms with Crippen molar-refractivity contribution in [1.29, 1.82) is 0 Å². The number of hydrogen-bond acceptors (Lipinski definition) is 4. The highest BCUT2D eigenvalue weighted by Crippen LogP contribution is 2.39. The number of piperidine rings is 1. The van der Waals surface area contributed by atoms with Crippen molar-refractivity contribution in [3.05, 3.63) is 52.7 Å². The Hall–Kier alpha value is -1.65. The first kappa shape index (κ1) is 14.9. The Morgan fingerprint density at radius 1 is 1.00 bits per heavy atom. The van der Waals surface area contributed by atoms with Gasteiger partial charge in [0.15, 0.2) is 5.82 Å². The van der Waals surface area contributed by atoms with Crippen LogP contribution < -0.4 is 4.90 Å². The molecular formula is C18H20ClN3O. The van der Waals surface area contributed by atoms with E-state index in [4.69, 9.17) is 11.6 Å². The van der Waals surface area contributed by atoms with E-state index >= 15 is 0 Å². The van der Waals surface area contributed by atoms with Crippen molar-refractivity contribution >= 4 is 17.4 Å². The molecule has 2 aromatic rings. The lowest BCUT2D eigenvalue weighted by Crippen LogP contribution is -2.43. The fourth-order valence-corrected chi connectivity index (χ4v) is 3.38. The van der Waals surface area contributed by atoms with Crippen molar-refractivity contribution in [3.8, 4) is 0 Å². The summed E-state index contributed by atoms with van der Waals surface area (Å²) in [5.41, 5.74) is 1.28. The third-order valence-electron chi connectivity index (χ3n) is 4.96. The number of halogens is 1. The van der Waals surface area contributed by atoms with Gasteiger partial charge in [-0.15, -0.1) is 5.10 Å². The standard InChI is InChI=1S/C18H20ClN3O/c19-15-5-3-14(4-6-15)18(23)9-11-22(12-10-18)17-8-7-16(20-21-17)13-1-2-13/h3-8,13,23H,1-2,9-12H2. The number of rotatable bonds is 3. The molecule has 0 amide bonds. The molecule has 1 saturated carbocycles. The molecule has 23 heavy (non-hydrogen) atoms. The Bertz CT molecular complexity index is 674. The maximum atomic E-state index is 10.9. The molecule has 0 atom stereocenters. The van der Waals surface area contributed by atoms with Crippen LogP contribution in [-0.4, -0.2) is 28.4 Å². The van der Waals surface area contributed by atoms with Gasteiger partial charge >= 0.3 is 0 Å². The van der Waals surface area contributed by atoms with Crippen molar-refractivity contribution in [1.82, 2.24) is 10.2 Å². The summed E-state index contributed by atoms with van der Waals surface area (Å²) in [6.45, 7) is 1.55. The van der Waals surface area contributed by atoms with Crippen LogP contribution in [0.15, 0.2) is 36.4 Å². The van der Waals surface area contributed by atoms with Crippen molar-refractivity contribution in [2.24, 2.45) is 0 Å². The molecule has 1 N–H and O–H groups in total. The van der Waals surface area contributed by atoms with Gasteiger partial charge in [0.25, 0.3) is 0 Å². The summed E-state index contributed by atoms with van der Waals surface area (Å²) in [6.07, 6.45) is 3.85. The minimum absolute atomic E-state index is 0.632. The van der Waals surface area contributed by atoms with E-state index in [1.165, 1.54) is 12.8 Å². The number of nitrogens with zero attached hydrogens (tertiary/aromatic N) is 3. The Kier molecular flexibility index (Phi) is 3.74. The van der Waals surface area contributed by atoms with E-state index in [-0.39, 0.29) is 0 Å². The summed E-state index contributed by atoms with van der Waals surface area (Å²) in [4.78, 5) is 2.20. The van der Waals surface area contributed by atoms with E-state index in [1.807, 2.05) is 24.3 Å². The van der Waals surface area contributed by atoms with Gasteiger partial charge in [-0.3, -0.25) is 0 Å². The van der Waals surface area contributed by atoms with Crippen molar-refractivity contribution in [2.75, 3.05) is 18.0 Å². The van der Waals surface area contributed by atoms with E-state index in [1.54, 1.807) is 0 Å². The molecule has 2 heterocycles. The topological polar surface area (TPSA) is 49.2 Å². The second-order valence-electron chi connectivity index (χ2n) is 6.62. The molecule has 0 bridgehead atoms. The molecule has 1 aromatic carbocycles. The Morgan fingerprint density at radius 3 is 2.26 bits per heavy atom. The predicted octanol–water partition coefficient (Wildman–Crippen LogP) is 3.50. The summed E-state index contributed by atoms with van der Waals surface area (Å²) in [7, 11) is 0. The molecule has 1 aliphatic carbocycles. The monoisotopic (exact) mass is 329 g/mol. The van der Waals surface area contributed by atoms with Gasteiger partial charge < -0.3 is 10.0 Å². The molecule has 0 radical (unpaired) electrons. The highest BCUT2D eigenvalue weighted by Gasteiger charge is 2.34. The molecular weight excluding hydrogens is 310 g/mol. The lowest BCUT2D eigenvalue weighted by molar-refractivity contribution is 0.0116. The molecule has 1 aromatic heterocycles. The summed E-state index contributed by atoms with van der Waals surface area (Å²) < 4.78 is 0. The third-order valence-corrected chi connectivity index (χ3v) is 5.21. The van der Waals surface area contributed by atoms with Crippen molar-refractivity contribution < 1.29 is 5.11 Å². The summed E-state index contributed by atoms with van der Waals surface area (Å²) >= 11 is 5.93. The average Bonchev–Trinajstić information content (AvgIpc) is 3.41. The van der Waals surface area contributed by atoms with Gasteiger partial charge in [0, 0.05) is 24.0 Å². The Balaban J connectivity index is 1.44. The van der Waals surface area contributed by atoms with Crippen molar-refractivity contribution in [2.45, 2.75) is 37.2 Å². The van der Waals surface area contributed by atoms with E-state index < -0.39 is 5.60 Å². The normalized spacial score (nSPS) is 20.5. The zero-order valence-electron chi connectivity index (χ0n) is 13.0. The van der Waals surface area contributed by atoms with Crippen LogP contribution in [0.25, 0.3) is 0 Å². The molecule has 2 fully saturated rings. The first-order valence-corrected chi connectivity index (χ1v) is 8.59. The van der Waals surface area contributed by atoms with Gasteiger partial charge in [-0.1, -0.05) is 23.7 Å². The molecule has 120 valence electrons.